The highest BCUT2D eigenvalue weighted by Gasteiger charge is 2.16. The third kappa shape index (κ3) is 2.41. The van der Waals surface area contributed by atoms with E-state index in [9.17, 15) is 10.2 Å². The average Bonchev–Trinajstić information content (AvgIpc) is 2.13. The smallest absolute Gasteiger partial charge is 0.200 e. The molecule has 0 saturated carbocycles. The molecule has 5 N–H and O–H groups in total. The van der Waals surface area contributed by atoms with E-state index in [-0.39, 0.29) is 11.5 Å². The predicted octanol–water partition coefficient (Wildman–Crippen LogP) is 1.77. The normalized spacial score (nSPS) is 12.4. The maximum atomic E-state index is 9.54. The molecule has 1 rings (SSSR count). The van der Waals surface area contributed by atoms with Gasteiger partial charge in [-0.25, -0.2) is 0 Å². The van der Waals surface area contributed by atoms with Crippen molar-refractivity contribution in [1.29, 1.82) is 0 Å². The Bertz CT molecular complexity index is 388. The van der Waals surface area contributed by atoms with E-state index in [1.54, 1.807) is 0 Å². The first-order valence-electron chi connectivity index (χ1n) is 4.57. The zero-order chi connectivity index (χ0) is 11.6. The molecule has 0 amide bonds. The lowest BCUT2D eigenvalue weighted by atomic mass is 10.00. The molecule has 82 valence electrons. The number of nitrogens with two attached hydrogens (primary N) is 1. The van der Waals surface area contributed by atoms with Crippen LogP contribution in [-0.4, -0.2) is 15.3 Å². The zero-order valence-corrected chi connectivity index (χ0v) is 8.57. The Labute approximate surface area is 88.3 Å². The average molecular weight is 209 g/mol. The number of aromatic hydroxyl groups is 3. The van der Waals surface area contributed by atoms with E-state index in [4.69, 9.17) is 10.8 Å². The third-order valence-electron chi connectivity index (χ3n) is 2.13. The van der Waals surface area contributed by atoms with Crippen LogP contribution in [0.25, 0.3) is 0 Å². The van der Waals surface area contributed by atoms with Crippen LogP contribution in [0.5, 0.6) is 17.2 Å². The van der Waals surface area contributed by atoms with Gasteiger partial charge in [0.25, 0.3) is 0 Å². The summed E-state index contributed by atoms with van der Waals surface area (Å²) in [5.41, 5.74) is 7.08. The van der Waals surface area contributed by atoms with Crippen LogP contribution in [0.1, 0.15) is 24.9 Å². The molecule has 1 aromatic rings. The summed E-state index contributed by atoms with van der Waals surface area (Å²) in [5, 5.41) is 28.0. The van der Waals surface area contributed by atoms with E-state index >= 15 is 0 Å². The molecule has 0 heterocycles. The largest absolute Gasteiger partial charge is 0.504 e. The standard InChI is InChI=1S/C11H15NO3/c1-6(2)5-8(12)7-3-4-9(13)11(15)10(7)14/h3-4,8,13-15H,1,5,12H2,2H3/t8-/m0/s1. The van der Waals surface area contributed by atoms with Gasteiger partial charge in [-0.1, -0.05) is 5.57 Å². The summed E-state index contributed by atoms with van der Waals surface area (Å²) >= 11 is 0. The van der Waals surface area contributed by atoms with E-state index < -0.39 is 11.8 Å². The quantitative estimate of drug-likeness (QED) is 0.451. The first-order chi connectivity index (χ1) is 6.93. The fourth-order valence-electron chi connectivity index (χ4n) is 1.37. The topological polar surface area (TPSA) is 86.7 Å². The minimum Gasteiger partial charge on any atom is -0.504 e. The number of rotatable bonds is 3. The summed E-state index contributed by atoms with van der Waals surface area (Å²) < 4.78 is 0. The van der Waals surface area contributed by atoms with Crippen molar-refractivity contribution >= 4 is 0 Å². The summed E-state index contributed by atoms with van der Waals surface area (Å²) in [6.07, 6.45) is 0.512. The van der Waals surface area contributed by atoms with Crippen molar-refractivity contribution in [3.05, 3.63) is 29.8 Å². The Kier molecular flexibility index (Phi) is 3.21. The van der Waals surface area contributed by atoms with Gasteiger partial charge in [-0.3, -0.25) is 0 Å². The first-order valence-corrected chi connectivity index (χ1v) is 4.57. The number of hydrogen-bond acceptors (Lipinski definition) is 4. The van der Waals surface area contributed by atoms with Crippen molar-refractivity contribution in [1.82, 2.24) is 0 Å². The van der Waals surface area contributed by atoms with Gasteiger partial charge in [-0.15, -0.1) is 6.58 Å². The van der Waals surface area contributed by atoms with Crippen LogP contribution >= 0.6 is 0 Å². The number of benzene rings is 1. The predicted molar refractivity (Wildman–Crippen MR) is 57.8 cm³/mol. The van der Waals surface area contributed by atoms with Crippen LogP contribution < -0.4 is 5.73 Å². The van der Waals surface area contributed by atoms with Crippen LogP contribution in [0.2, 0.25) is 0 Å². The van der Waals surface area contributed by atoms with Gasteiger partial charge in [-0.2, -0.15) is 0 Å². The molecule has 4 heteroatoms. The molecule has 0 aliphatic heterocycles. The highest BCUT2D eigenvalue weighted by atomic mass is 16.3. The fraction of sp³-hybridized carbons (Fsp3) is 0.273. The fourth-order valence-corrected chi connectivity index (χ4v) is 1.37. The summed E-state index contributed by atoms with van der Waals surface area (Å²) in [5.74, 6) is -1.27. The first kappa shape index (κ1) is 11.4. The van der Waals surface area contributed by atoms with Crippen LogP contribution in [0.3, 0.4) is 0 Å². The SMILES string of the molecule is C=C(C)C[C@H](N)c1ccc(O)c(O)c1O. The number of phenols is 3. The minimum absolute atomic E-state index is 0.362. The van der Waals surface area contributed by atoms with Gasteiger partial charge in [0.05, 0.1) is 0 Å². The molecule has 0 aliphatic carbocycles. The highest BCUT2D eigenvalue weighted by Crippen LogP contribution is 2.40. The van der Waals surface area contributed by atoms with Gasteiger partial charge in [0.1, 0.15) is 0 Å². The maximum absolute atomic E-state index is 9.54. The Morgan fingerprint density at radius 2 is 1.93 bits per heavy atom. The second kappa shape index (κ2) is 4.23. The molecule has 0 bridgehead atoms. The van der Waals surface area contributed by atoms with Crippen LogP contribution in [0.15, 0.2) is 24.3 Å². The van der Waals surface area contributed by atoms with Crippen LogP contribution in [0, 0.1) is 0 Å². The molecular formula is C11H15NO3. The molecule has 0 aliphatic rings. The molecule has 0 radical (unpaired) electrons. The van der Waals surface area contributed by atoms with Crippen molar-refractivity contribution in [2.24, 2.45) is 5.73 Å². The molecule has 0 spiro atoms. The molecule has 1 atom stereocenters. The van der Waals surface area contributed by atoms with E-state index in [2.05, 4.69) is 6.58 Å². The second-order valence-corrected chi connectivity index (χ2v) is 3.64. The molecule has 0 unspecified atom stereocenters. The minimum atomic E-state index is -0.537. The number of hydrogen-bond donors (Lipinski definition) is 4. The van der Waals surface area contributed by atoms with E-state index in [0.29, 0.717) is 12.0 Å². The van der Waals surface area contributed by atoms with E-state index in [1.807, 2.05) is 6.92 Å². The molecule has 0 saturated heterocycles. The third-order valence-corrected chi connectivity index (χ3v) is 2.13. The van der Waals surface area contributed by atoms with Crippen molar-refractivity contribution < 1.29 is 15.3 Å². The van der Waals surface area contributed by atoms with E-state index in [1.165, 1.54) is 12.1 Å². The van der Waals surface area contributed by atoms with Gasteiger partial charge < -0.3 is 21.1 Å². The summed E-state index contributed by atoms with van der Waals surface area (Å²) in [7, 11) is 0. The summed E-state index contributed by atoms with van der Waals surface area (Å²) in [6.45, 7) is 5.55. The monoisotopic (exact) mass is 209 g/mol. The molecule has 0 fully saturated rings. The maximum Gasteiger partial charge on any atom is 0.200 e. The molecule has 15 heavy (non-hydrogen) atoms. The van der Waals surface area contributed by atoms with Crippen LogP contribution in [-0.2, 0) is 0 Å². The summed E-state index contributed by atoms with van der Waals surface area (Å²) in [4.78, 5) is 0. The zero-order valence-electron chi connectivity index (χ0n) is 8.57. The number of phenolic OH excluding ortho intramolecular Hbond substituents is 3. The molecular weight excluding hydrogens is 194 g/mol. The molecule has 1 aromatic carbocycles. The van der Waals surface area contributed by atoms with Gasteiger partial charge in [0.2, 0.25) is 5.75 Å². The van der Waals surface area contributed by atoms with Gasteiger partial charge in [-0.05, 0) is 25.5 Å². The van der Waals surface area contributed by atoms with E-state index in [0.717, 1.165) is 5.57 Å². The van der Waals surface area contributed by atoms with Crippen LogP contribution in [0.4, 0.5) is 0 Å². The Balaban J connectivity index is 3.05. The van der Waals surface area contributed by atoms with Crippen molar-refractivity contribution in [3.8, 4) is 17.2 Å². The van der Waals surface area contributed by atoms with Crippen molar-refractivity contribution in [2.45, 2.75) is 19.4 Å². The van der Waals surface area contributed by atoms with Gasteiger partial charge >= 0.3 is 0 Å². The van der Waals surface area contributed by atoms with Crippen molar-refractivity contribution in [3.63, 3.8) is 0 Å². The molecule has 0 aromatic heterocycles. The lowest BCUT2D eigenvalue weighted by Gasteiger charge is -2.14. The lowest BCUT2D eigenvalue weighted by molar-refractivity contribution is 0.363. The second-order valence-electron chi connectivity index (χ2n) is 3.64. The molecule has 4 nitrogen and oxygen atoms in total. The van der Waals surface area contributed by atoms with Crippen molar-refractivity contribution in [2.75, 3.05) is 0 Å². The Hall–Kier alpha value is -1.68. The Morgan fingerprint density at radius 3 is 2.47 bits per heavy atom. The summed E-state index contributed by atoms with van der Waals surface area (Å²) in [6, 6.07) is 2.34. The van der Waals surface area contributed by atoms with Gasteiger partial charge in [0, 0.05) is 11.6 Å². The lowest BCUT2D eigenvalue weighted by Crippen LogP contribution is -2.10. The van der Waals surface area contributed by atoms with Gasteiger partial charge in [0.15, 0.2) is 11.5 Å². The highest BCUT2D eigenvalue weighted by molar-refractivity contribution is 5.54. The Morgan fingerprint density at radius 1 is 1.33 bits per heavy atom.